The number of hydrogen-bond acceptors (Lipinski definition) is 4. The minimum atomic E-state index is 0.651. The highest BCUT2D eigenvalue weighted by Gasteiger charge is 2.16. The molecule has 5 nitrogen and oxygen atoms in total. The van der Waals surface area contributed by atoms with E-state index in [-0.39, 0.29) is 0 Å². The molecule has 1 fully saturated rings. The molecule has 0 saturated carbocycles. The van der Waals surface area contributed by atoms with Gasteiger partial charge in [-0.25, -0.2) is 9.50 Å². The molecular formula is C12H16N4O. The molecule has 0 bridgehead atoms. The Bertz CT molecular complexity index is 516. The number of aromatic nitrogens is 3. The number of pyridine rings is 1. The van der Waals surface area contributed by atoms with E-state index in [0.29, 0.717) is 11.6 Å². The van der Waals surface area contributed by atoms with Crippen LogP contribution >= 0.6 is 0 Å². The second kappa shape index (κ2) is 4.33. The Morgan fingerprint density at radius 3 is 3.00 bits per heavy atom. The van der Waals surface area contributed by atoms with Crippen LogP contribution in [0.3, 0.4) is 0 Å². The third kappa shape index (κ3) is 2.24. The molecule has 2 N–H and O–H groups in total. The van der Waals surface area contributed by atoms with Crippen LogP contribution in [0, 0.1) is 5.92 Å². The summed E-state index contributed by atoms with van der Waals surface area (Å²) < 4.78 is 7.10. The number of anilines is 1. The predicted molar refractivity (Wildman–Crippen MR) is 64.6 cm³/mol. The van der Waals surface area contributed by atoms with Crippen LogP contribution < -0.4 is 5.73 Å². The van der Waals surface area contributed by atoms with Crippen LogP contribution in [-0.4, -0.2) is 27.8 Å². The van der Waals surface area contributed by atoms with Gasteiger partial charge in [0.2, 0.25) is 0 Å². The molecule has 5 heteroatoms. The third-order valence-corrected chi connectivity index (χ3v) is 3.21. The van der Waals surface area contributed by atoms with Gasteiger partial charge in [-0.3, -0.25) is 0 Å². The van der Waals surface area contributed by atoms with Crippen LogP contribution in [0.25, 0.3) is 5.65 Å². The van der Waals surface area contributed by atoms with Crippen molar-refractivity contribution in [3.05, 3.63) is 24.2 Å². The molecule has 0 aliphatic carbocycles. The first-order valence-corrected chi connectivity index (χ1v) is 6.00. The summed E-state index contributed by atoms with van der Waals surface area (Å²) in [6.07, 6.45) is 4.95. The van der Waals surface area contributed by atoms with E-state index in [1.54, 1.807) is 10.7 Å². The molecule has 1 saturated heterocycles. The first kappa shape index (κ1) is 10.5. The summed E-state index contributed by atoms with van der Waals surface area (Å²) in [5, 5.41) is 4.45. The fourth-order valence-electron chi connectivity index (χ4n) is 2.24. The summed E-state index contributed by atoms with van der Waals surface area (Å²) in [7, 11) is 0. The zero-order valence-corrected chi connectivity index (χ0v) is 9.67. The van der Waals surface area contributed by atoms with Gasteiger partial charge in [0.25, 0.3) is 0 Å². The van der Waals surface area contributed by atoms with Crippen molar-refractivity contribution in [2.24, 2.45) is 5.92 Å². The molecule has 1 aliphatic heterocycles. The quantitative estimate of drug-likeness (QED) is 0.847. The Kier molecular flexibility index (Phi) is 2.68. The van der Waals surface area contributed by atoms with E-state index in [0.717, 1.165) is 43.9 Å². The van der Waals surface area contributed by atoms with E-state index in [1.807, 2.05) is 12.1 Å². The van der Waals surface area contributed by atoms with Crippen molar-refractivity contribution in [1.29, 1.82) is 0 Å². The molecule has 0 atom stereocenters. The minimum Gasteiger partial charge on any atom is -0.397 e. The monoisotopic (exact) mass is 232 g/mol. The molecule has 2 aromatic heterocycles. The van der Waals surface area contributed by atoms with Gasteiger partial charge in [0.05, 0.1) is 11.9 Å². The second-order valence-electron chi connectivity index (χ2n) is 4.55. The van der Waals surface area contributed by atoms with Crippen molar-refractivity contribution in [3.8, 4) is 0 Å². The maximum Gasteiger partial charge on any atom is 0.155 e. The first-order valence-electron chi connectivity index (χ1n) is 6.00. The van der Waals surface area contributed by atoms with E-state index in [4.69, 9.17) is 10.5 Å². The number of nitrogen functional groups attached to an aromatic ring is 1. The van der Waals surface area contributed by atoms with Gasteiger partial charge >= 0.3 is 0 Å². The van der Waals surface area contributed by atoms with Gasteiger partial charge in [0.1, 0.15) is 0 Å². The highest BCUT2D eigenvalue weighted by molar-refractivity contribution is 5.46. The molecule has 1 aliphatic rings. The van der Waals surface area contributed by atoms with Gasteiger partial charge in [-0.1, -0.05) is 0 Å². The number of rotatable bonds is 2. The minimum absolute atomic E-state index is 0.651. The maximum absolute atomic E-state index is 5.71. The summed E-state index contributed by atoms with van der Waals surface area (Å²) in [4.78, 5) is 4.50. The van der Waals surface area contributed by atoms with Crippen LogP contribution in [0.4, 0.5) is 5.69 Å². The predicted octanol–water partition coefficient (Wildman–Crippen LogP) is 1.28. The number of ether oxygens (including phenoxy) is 1. The summed E-state index contributed by atoms with van der Waals surface area (Å²) in [6.45, 7) is 1.73. The Hall–Kier alpha value is -1.62. The lowest BCUT2D eigenvalue weighted by atomic mass is 9.96. The number of fused-ring (bicyclic) bond motifs is 1. The molecule has 0 radical (unpaired) electrons. The molecular weight excluding hydrogens is 216 g/mol. The van der Waals surface area contributed by atoms with E-state index < -0.39 is 0 Å². The molecule has 0 amide bonds. The number of nitrogens with two attached hydrogens (primary N) is 1. The molecule has 3 heterocycles. The highest BCUT2D eigenvalue weighted by Crippen LogP contribution is 2.19. The van der Waals surface area contributed by atoms with Crippen LogP contribution in [0.5, 0.6) is 0 Å². The molecule has 17 heavy (non-hydrogen) atoms. The van der Waals surface area contributed by atoms with E-state index >= 15 is 0 Å². The fraction of sp³-hybridized carbons (Fsp3) is 0.500. The van der Waals surface area contributed by atoms with Gasteiger partial charge in [-0.05, 0) is 30.9 Å². The average molecular weight is 232 g/mol. The van der Waals surface area contributed by atoms with Crippen LogP contribution in [-0.2, 0) is 11.2 Å². The van der Waals surface area contributed by atoms with E-state index in [9.17, 15) is 0 Å². The Labute approximate surface area is 99.6 Å². The van der Waals surface area contributed by atoms with Gasteiger partial charge < -0.3 is 10.5 Å². The van der Waals surface area contributed by atoms with E-state index in [2.05, 4.69) is 10.1 Å². The number of hydrogen-bond donors (Lipinski definition) is 1. The van der Waals surface area contributed by atoms with Crippen LogP contribution in [0.1, 0.15) is 18.7 Å². The first-order chi connectivity index (χ1) is 8.31. The molecule has 0 spiro atoms. The lowest BCUT2D eigenvalue weighted by molar-refractivity contribution is 0.0660. The summed E-state index contributed by atoms with van der Waals surface area (Å²) in [5.41, 5.74) is 7.28. The Morgan fingerprint density at radius 1 is 1.35 bits per heavy atom. The largest absolute Gasteiger partial charge is 0.397 e. The fourth-order valence-corrected chi connectivity index (χ4v) is 2.24. The van der Waals surface area contributed by atoms with Crippen molar-refractivity contribution >= 4 is 11.3 Å². The lowest BCUT2D eigenvalue weighted by Gasteiger charge is -2.20. The van der Waals surface area contributed by atoms with E-state index in [1.165, 1.54) is 0 Å². The Balaban J connectivity index is 1.80. The summed E-state index contributed by atoms with van der Waals surface area (Å²) >= 11 is 0. The molecule has 0 aromatic carbocycles. The summed E-state index contributed by atoms with van der Waals surface area (Å²) in [5.74, 6) is 1.56. The smallest absolute Gasteiger partial charge is 0.155 e. The standard InChI is InChI=1S/C12H16N4O/c13-10-1-2-12-14-11(15-16(12)8-10)7-9-3-5-17-6-4-9/h1-2,8-9H,3-7,13H2. The SMILES string of the molecule is Nc1ccc2nc(CC3CCOCC3)nn2c1. The van der Waals surface area contributed by atoms with Gasteiger partial charge in [0, 0.05) is 19.6 Å². The van der Waals surface area contributed by atoms with Crippen LogP contribution in [0.15, 0.2) is 18.3 Å². The normalized spacial score (nSPS) is 17.6. The molecule has 3 rings (SSSR count). The Morgan fingerprint density at radius 2 is 2.18 bits per heavy atom. The van der Waals surface area contributed by atoms with Gasteiger partial charge in [-0.2, -0.15) is 5.10 Å². The van der Waals surface area contributed by atoms with Crippen molar-refractivity contribution in [3.63, 3.8) is 0 Å². The molecule has 90 valence electrons. The van der Waals surface area contributed by atoms with Gasteiger partial charge in [0.15, 0.2) is 11.5 Å². The van der Waals surface area contributed by atoms with Crippen molar-refractivity contribution in [1.82, 2.24) is 14.6 Å². The van der Waals surface area contributed by atoms with Crippen molar-refractivity contribution < 1.29 is 4.74 Å². The topological polar surface area (TPSA) is 65.4 Å². The zero-order chi connectivity index (χ0) is 11.7. The lowest BCUT2D eigenvalue weighted by Crippen LogP contribution is -2.18. The van der Waals surface area contributed by atoms with Gasteiger partial charge in [-0.15, -0.1) is 0 Å². The third-order valence-electron chi connectivity index (χ3n) is 3.21. The average Bonchev–Trinajstić information content (AvgIpc) is 2.71. The second-order valence-corrected chi connectivity index (χ2v) is 4.55. The summed E-state index contributed by atoms with van der Waals surface area (Å²) in [6, 6.07) is 3.75. The molecule has 0 unspecified atom stereocenters. The van der Waals surface area contributed by atoms with Crippen LogP contribution in [0.2, 0.25) is 0 Å². The zero-order valence-electron chi connectivity index (χ0n) is 9.67. The van der Waals surface area contributed by atoms with Crippen molar-refractivity contribution in [2.45, 2.75) is 19.3 Å². The molecule has 2 aromatic rings. The maximum atomic E-state index is 5.71. The van der Waals surface area contributed by atoms with Crippen molar-refractivity contribution in [2.75, 3.05) is 18.9 Å². The number of nitrogens with zero attached hydrogens (tertiary/aromatic N) is 3. The highest BCUT2D eigenvalue weighted by atomic mass is 16.5.